The number of aromatic hydroxyl groups is 1. The predicted octanol–water partition coefficient (Wildman–Crippen LogP) is 6.46. The number of nitrogens with one attached hydrogen (secondary N) is 2. The van der Waals surface area contributed by atoms with Crippen LogP contribution in [0, 0.1) is 0 Å². The van der Waals surface area contributed by atoms with Crippen molar-refractivity contribution in [1.29, 1.82) is 0 Å². The first-order chi connectivity index (χ1) is 13.8. The molecule has 0 unspecified atom stereocenters. The smallest absolute Gasteiger partial charge is 0.323 e. The van der Waals surface area contributed by atoms with Gasteiger partial charge in [-0.1, -0.05) is 39.0 Å². The molecule has 2 amide bonds. The Hall–Kier alpha value is -2.99. The number of carbonyl (C=O) groups is 1. The number of urea groups is 1. The molecule has 3 N–H and O–H groups in total. The van der Waals surface area contributed by atoms with Gasteiger partial charge < -0.3 is 20.5 Å². The highest BCUT2D eigenvalue weighted by Crippen LogP contribution is 2.32. The van der Waals surface area contributed by atoms with Gasteiger partial charge in [0.05, 0.1) is 18.0 Å². The minimum atomic E-state index is -0.396. The number of phenols is 1. The van der Waals surface area contributed by atoms with E-state index in [0.717, 1.165) is 22.6 Å². The van der Waals surface area contributed by atoms with Gasteiger partial charge in [-0.3, -0.25) is 0 Å². The number of hydrogen-bond donors (Lipinski definition) is 3. The number of ether oxygens (including phenoxy) is 1. The normalized spacial score (nSPS) is 11.2. The van der Waals surface area contributed by atoms with Crippen molar-refractivity contribution in [3.63, 3.8) is 0 Å². The Morgan fingerprint density at radius 3 is 2.31 bits per heavy atom. The first-order valence-electron chi connectivity index (χ1n) is 9.49. The van der Waals surface area contributed by atoms with Crippen molar-refractivity contribution in [2.75, 3.05) is 17.2 Å². The molecule has 0 aliphatic rings. The molecule has 1 aromatic heterocycles. The lowest BCUT2D eigenvalue weighted by Crippen LogP contribution is -2.19. The molecule has 0 fully saturated rings. The van der Waals surface area contributed by atoms with Gasteiger partial charge in [0, 0.05) is 10.3 Å². The van der Waals surface area contributed by atoms with Crippen LogP contribution in [-0.2, 0) is 5.41 Å². The molecule has 3 aromatic rings. The molecule has 29 heavy (non-hydrogen) atoms. The van der Waals surface area contributed by atoms with Crippen molar-refractivity contribution in [3.8, 4) is 22.6 Å². The van der Waals surface area contributed by atoms with Gasteiger partial charge in [0.15, 0.2) is 0 Å². The molecule has 0 aliphatic heterocycles. The number of amides is 2. The number of phenolic OH excluding ortho intramolecular Hbond substituents is 1. The third-order valence-corrected chi connectivity index (χ3v) is 5.70. The molecule has 152 valence electrons. The van der Waals surface area contributed by atoms with E-state index in [4.69, 9.17) is 4.74 Å². The summed E-state index contributed by atoms with van der Waals surface area (Å²) in [6.45, 7) is 8.95. The largest absolute Gasteiger partial charge is 0.506 e. The van der Waals surface area contributed by atoms with Crippen molar-refractivity contribution >= 4 is 28.7 Å². The SMILES string of the molecule is CCOc1ccc(-c2ccc(NC(=O)Nc3csc(C(C)(C)C)c3)c(O)c2)cc1. The molecular weight excluding hydrogens is 384 g/mol. The maximum absolute atomic E-state index is 12.3. The molecule has 3 rings (SSSR count). The lowest BCUT2D eigenvalue weighted by molar-refractivity contribution is 0.262. The maximum atomic E-state index is 12.3. The molecule has 0 atom stereocenters. The first-order valence-corrected chi connectivity index (χ1v) is 10.4. The molecule has 0 bridgehead atoms. The quantitative estimate of drug-likeness (QED) is 0.423. The maximum Gasteiger partial charge on any atom is 0.323 e. The van der Waals surface area contributed by atoms with E-state index < -0.39 is 6.03 Å². The van der Waals surface area contributed by atoms with Crippen LogP contribution in [0.3, 0.4) is 0 Å². The topological polar surface area (TPSA) is 70.6 Å². The molecule has 0 saturated carbocycles. The lowest BCUT2D eigenvalue weighted by Gasteiger charge is -2.15. The highest BCUT2D eigenvalue weighted by atomic mass is 32.1. The average molecular weight is 411 g/mol. The van der Waals surface area contributed by atoms with E-state index in [1.54, 1.807) is 23.5 Å². The zero-order valence-corrected chi connectivity index (χ0v) is 17.9. The monoisotopic (exact) mass is 410 g/mol. The first kappa shape index (κ1) is 20.7. The van der Waals surface area contributed by atoms with Gasteiger partial charge in [0.1, 0.15) is 11.5 Å². The summed E-state index contributed by atoms with van der Waals surface area (Å²) in [7, 11) is 0. The minimum Gasteiger partial charge on any atom is -0.506 e. The second kappa shape index (κ2) is 8.57. The fraction of sp³-hybridized carbons (Fsp3) is 0.261. The fourth-order valence-electron chi connectivity index (χ4n) is 2.81. The van der Waals surface area contributed by atoms with E-state index in [2.05, 4.69) is 31.4 Å². The van der Waals surface area contributed by atoms with Gasteiger partial charge in [-0.15, -0.1) is 11.3 Å². The van der Waals surface area contributed by atoms with Crippen molar-refractivity contribution < 1.29 is 14.6 Å². The minimum absolute atomic E-state index is 0.00670. The highest BCUT2D eigenvalue weighted by molar-refractivity contribution is 7.10. The Labute approximate surface area is 175 Å². The standard InChI is InChI=1S/C23H26N2O3S/c1-5-28-18-9-6-15(7-10-18)16-8-11-19(20(26)12-16)25-22(27)24-17-13-21(29-14-17)23(2,3)4/h6-14,26H,5H2,1-4H3,(H2,24,25,27). The molecule has 2 aromatic carbocycles. The van der Waals surface area contributed by atoms with Crippen LogP contribution in [0.2, 0.25) is 0 Å². The summed E-state index contributed by atoms with van der Waals surface area (Å²) >= 11 is 1.61. The summed E-state index contributed by atoms with van der Waals surface area (Å²) in [5.41, 5.74) is 2.93. The van der Waals surface area contributed by atoms with Crippen LogP contribution in [0.5, 0.6) is 11.5 Å². The molecule has 0 radical (unpaired) electrons. The Morgan fingerprint density at radius 2 is 1.72 bits per heavy atom. The van der Waals surface area contributed by atoms with E-state index in [1.165, 1.54) is 4.88 Å². The van der Waals surface area contributed by atoms with Crippen LogP contribution in [0.25, 0.3) is 11.1 Å². The molecular formula is C23H26N2O3S. The Balaban J connectivity index is 1.67. The highest BCUT2D eigenvalue weighted by Gasteiger charge is 2.17. The van der Waals surface area contributed by atoms with Crippen LogP contribution in [0.1, 0.15) is 32.6 Å². The van der Waals surface area contributed by atoms with E-state index in [9.17, 15) is 9.90 Å². The number of thiophene rings is 1. The van der Waals surface area contributed by atoms with Gasteiger partial charge in [0.25, 0.3) is 0 Å². The zero-order valence-electron chi connectivity index (χ0n) is 17.1. The summed E-state index contributed by atoms with van der Waals surface area (Å²) in [4.78, 5) is 13.5. The molecule has 0 spiro atoms. The Bertz CT molecular complexity index is 988. The van der Waals surface area contributed by atoms with E-state index in [0.29, 0.717) is 12.3 Å². The number of hydrogen-bond acceptors (Lipinski definition) is 4. The van der Waals surface area contributed by atoms with Gasteiger partial charge in [-0.2, -0.15) is 0 Å². The van der Waals surface area contributed by atoms with Crippen LogP contribution in [-0.4, -0.2) is 17.7 Å². The Kier molecular flexibility index (Phi) is 6.13. The number of anilines is 2. The average Bonchev–Trinajstić information content (AvgIpc) is 3.13. The second-order valence-corrected chi connectivity index (χ2v) is 8.63. The molecule has 0 aliphatic carbocycles. The summed E-state index contributed by atoms with van der Waals surface area (Å²) in [6, 6.07) is 14.4. The van der Waals surface area contributed by atoms with E-state index >= 15 is 0 Å². The lowest BCUT2D eigenvalue weighted by atomic mass is 9.95. The van der Waals surface area contributed by atoms with E-state index in [-0.39, 0.29) is 11.2 Å². The second-order valence-electron chi connectivity index (χ2n) is 7.72. The van der Waals surface area contributed by atoms with Gasteiger partial charge in [-0.05, 0) is 53.8 Å². The summed E-state index contributed by atoms with van der Waals surface area (Å²) in [5, 5.41) is 17.8. The van der Waals surface area contributed by atoms with Gasteiger partial charge in [-0.25, -0.2) is 4.79 Å². The van der Waals surface area contributed by atoms with Crippen LogP contribution in [0.15, 0.2) is 53.9 Å². The van der Waals surface area contributed by atoms with Crippen molar-refractivity contribution in [2.45, 2.75) is 33.1 Å². The third-order valence-electron chi connectivity index (χ3n) is 4.34. The number of carbonyl (C=O) groups excluding carboxylic acids is 1. The van der Waals surface area contributed by atoms with Crippen LogP contribution < -0.4 is 15.4 Å². The fourth-order valence-corrected chi connectivity index (χ4v) is 3.74. The molecule has 0 saturated heterocycles. The van der Waals surface area contributed by atoms with Crippen molar-refractivity contribution in [1.82, 2.24) is 0 Å². The van der Waals surface area contributed by atoms with Crippen LogP contribution >= 0.6 is 11.3 Å². The summed E-state index contributed by atoms with van der Waals surface area (Å²) < 4.78 is 5.45. The van der Waals surface area contributed by atoms with Crippen molar-refractivity contribution in [2.24, 2.45) is 0 Å². The Morgan fingerprint density at radius 1 is 1.03 bits per heavy atom. The zero-order chi connectivity index (χ0) is 21.0. The number of rotatable bonds is 5. The summed E-state index contributed by atoms with van der Waals surface area (Å²) in [5.74, 6) is 0.811. The van der Waals surface area contributed by atoms with Gasteiger partial charge in [0.2, 0.25) is 0 Å². The predicted molar refractivity (Wildman–Crippen MR) is 120 cm³/mol. The van der Waals surface area contributed by atoms with Crippen molar-refractivity contribution in [3.05, 3.63) is 58.8 Å². The van der Waals surface area contributed by atoms with E-state index in [1.807, 2.05) is 48.7 Å². The molecule has 1 heterocycles. The summed E-state index contributed by atoms with van der Waals surface area (Å²) in [6.07, 6.45) is 0. The van der Waals surface area contributed by atoms with Gasteiger partial charge >= 0.3 is 6.03 Å². The molecule has 6 heteroatoms. The number of benzene rings is 2. The van der Waals surface area contributed by atoms with Crippen LogP contribution in [0.4, 0.5) is 16.2 Å². The third kappa shape index (κ3) is 5.29. The molecule has 5 nitrogen and oxygen atoms in total.